The summed E-state index contributed by atoms with van der Waals surface area (Å²) in [7, 11) is 0. The molecule has 0 atom stereocenters. The van der Waals surface area contributed by atoms with E-state index in [-0.39, 0.29) is 0 Å². The van der Waals surface area contributed by atoms with Crippen LogP contribution in [0.2, 0.25) is 0 Å². The van der Waals surface area contributed by atoms with Gasteiger partial charge in [-0.25, -0.2) is 8.78 Å². The topological polar surface area (TPSA) is 26.3 Å². The summed E-state index contributed by atoms with van der Waals surface area (Å²) >= 11 is 0. The molecule has 0 N–H and O–H groups in total. The minimum atomic E-state index is -7.30. The molecule has 0 aromatic heterocycles. The standard InChI is InChI=1S/C13H13F13O2/c1-4-7(2,3)6(27)28-10(12(21,22)23,13(24,25)26)8(14,15)5-9(16,17)11(18,19)20/h4-5H2,1-3H3. The van der Waals surface area contributed by atoms with E-state index in [0.717, 1.165) is 6.92 Å². The van der Waals surface area contributed by atoms with Gasteiger partial charge in [0.1, 0.15) is 0 Å². The lowest BCUT2D eigenvalue weighted by molar-refractivity contribution is -0.433. The zero-order valence-corrected chi connectivity index (χ0v) is 14.1. The number of esters is 1. The number of hydrogen-bond acceptors (Lipinski definition) is 2. The minimum Gasteiger partial charge on any atom is -0.434 e. The van der Waals surface area contributed by atoms with Gasteiger partial charge >= 0.3 is 41.9 Å². The van der Waals surface area contributed by atoms with Crippen molar-refractivity contribution in [3.05, 3.63) is 0 Å². The highest BCUT2D eigenvalue weighted by atomic mass is 19.4. The third-order valence-electron chi connectivity index (χ3n) is 3.85. The van der Waals surface area contributed by atoms with E-state index in [0.29, 0.717) is 13.8 Å². The fourth-order valence-electron chi connectivity index (χ4n) is 1.69. The van der Waals surface area contributed by atoms with Crippen LogP contribution in [0.15, 0.2) is 0 Å². The molecule has 0 saturated carbocycles. The molecule has 0 aromatic rings. The molecule has 0 amide bonds. The van der Waals surface area contributed by atoms with Crippen LogP contribution in [0, 0.1) is 5.41 Å². The molecule has 0 aliphatic carbocycles. The molecule has 28 heavy (non-hydrogen) atoms. The molecule has 0 fully saturated rings. The summed E-state index contributed by atoms with van der Waals surface area (Å²) in [5.74, 6) is -16.1. The summed E-state index contributed by atoms with van der Waals surface area (Å²) in [5, 5.41) is 0. The summed E-state index contributed by atoms with van der Waals surface area (Å²) < 4.78 is 171. The van der Waals surface area contributed by atoms with Crippen LogP contribution in [-0.4, -0.2) is 41.9 Å². The van der Waals surface area contributed by atoms with Gasteiger partial charge in [0.15, 0.2) is 0 Å². The molecule has 0 unspecified atom stereocenters. The smallest absolute Gasteiger partial charge is 0.434 e. The average molecular weight is 448 g/mol. The van der Waals surface area contributed by atoms with Gasteiger partial charge in [0.25, 0.3) is 0 Å². The Kier molecular flexibility index (Phi) is 6.75. The summed E-state index contributed by atoms with van der Waals surface area (Å²) in [6, 6.07) is 0. The second-order valence-electron chi connectivity index (χ2n) is 6.39. The molecule has 0 aromatic carbocycles. The fraction of sp³-hybridized carbons (Fsp3) is 0.923. The molecule has 2 nitrogen and oxygen atoms in total. The van der Waals surface area contributed by atoms with Crippen LogP contribution < -0.4 is 0 Å². The van der Waals surface area contributed by atoms with Crippen molar-refractivity contribution in [2.24, 2.45) is 5.41 Å². The second kappa shape index (κ2) is 7.11. The SMILES string of the molecule is CCC(C)(C)C(=O)OC(C(F)(F)F)(C(F)(F)F)C(F)(F)CC(F)(F)C(F)(F)F. The van der Waals surface area contributed by atoms with Crippen LogP contribution in [0.3, 0.4) is 0 Å². The molecule has 0 spiro atoms. The van der Waals surface area contributed by atoms with Crippen LogP contribution >= 0.6 is 0 Å². The number of rotatable bonds is 6. The fourth-order valence-corrected chi connectivity index (χ4v) is 1.69. The van der Waals surface area contributed by atoms with E-state index in [1.165, 1.54) is 0 Å². The Morgan fingerprint density at radius 3 is 1.29 bits per heavy atom. The minimum absolute atomic E-state index is 0.540. The third-order valence-corrected chi connectivity index (χ3v) is 3.85. The van der Waals surface area contributed by atoms with Gasteiger partial charge < -0.3 is 4.74 Å². The predicted molar refractivity (Wildman–Crippen MR) is 65.6 cm³/mol. The highest BCUT2D eigenvalue weighted by molar-refractivity contribution is 5.76. The maximum absolute atomic E-state index is 13.9. The molecule has 0 heterocycles. The van der Waals surface area contributed by atoms with Crippen molar-refractivity contribution in [3.63, 3.8) is 0 Å². The average Bonchev–Trinajstić information content (AvgIpc) is 2.38. The molecule has 15 heteroatoms. The van der Waals surface area contributed by atoms with Crippen LogP contribution in [0.25, 0.3) is 0 Å². The lowest BCUT2D eigenvalue weighted by Crippen LogP contribution is -2.71. The zero-order chi connectivity index (χ0) is 23.2. The van der Waals surface area contributed by atoms with E-state index in [2.05, 4.69) is 4.74 Å². The number of ether oxygens (including phenoxy) is 1. The number of halogens is 13. The van der Waals surface area contributed by atoms with Gasteiger partial charge in [-0.2, -0.15) is 48.3 Å². The van der Waals surface area contributed by atoms with Crippen molar-refractivity contribution in [2.45, 2.75) is 69.6 Å². The first-order valence-corrected chi connectivity index (χ1v) is 7.09. The first-order valence-electron chi connectivity index (χ1n) is 7.09. The van der Waals surface area contributed by atoms with E-state index < -0.39 is 60.2 Å². The van der Waals surface area contributed by atoms with Crippen LogP contribution in [-0.2, 0) is 9.53 Å². The summed E-state index contributed by atoms with van der Waals surface area (Å²) in [4.78, 5) is 11.6. The largest absolute Gasteiger partial charge is 0.453 e. The van der Waals surface area contributed by atoms with E-state index in [9.17, 15) is 61.9 Å². The van der Waals surface area contributed by atoms with Gasteiger partial charge in [0.05, 0.1) is 11.8 Å². The van der Waals surface area contributed by atoms with Gasteiger partial charge in [0, 0.05) is 0 Å². The monoisotopic (exact) mass is 448 g/mol. The summed E-state index contributed by atoms with van der Waals surface area (Å²) in [5.41, 5.74) is -9.17. The Hall–Kier alpha value is -1.44. The number of hydrogen-bond donors (Lipinski definition) is 0. The van der Waals surface area contributed by atoms with Gasteiger partial charge in [-0.15, -0.1) is 0 Å². The molecule has 0 saturated heterocycles. The Morgan fingerprint density at radius 1 is 0.679 bits per heavy atom. The van der Waals surface area contributed by atoms with Crippen molar-refractivity contribution in [1.29, 1.82) is 0 Å². The van der Waals surface area contributed by atoms with Gasteiger partial charge in [-0.1, -0.05) is 6.92 Å². The Labute approximate surface area is 149 Å². The van der Waals surface area contributed by atoms with E-state index in [1.807, 2.05) is 0 Å². The van der Waals surface area contributed by atoms with E-state index in [4.69, 9.17) is 0 Å². The van der Waals surface area contributed by atoms with Gasteiger partial charge in [0.2, 0.25) is 0 Å². The highest BCUT2D eigenvalue weighted by Gasteiger charge is 2.87. The predicted octanol–water partition coefficient (Wildman–Crippen LogP) is 6.05. The molecule has 0 rings (SSSR count). The maximum atomic E-state index is 13.9. The lowest BCUT2D eigenvalue weighted by atomic mass is 9.86. The quantitative estimate of drug-likeness (QED) is 0.365. The Balaban J connectivity index is 6.74. The number of carbonyl (C=O) groups is 1. The molecular formula is C13H13F13O2. The first kappa shape index (κ1) is 26.6. The molecular weight excluding hydrogens is 435 g/mol. The van der Waals surface area contributed by atoms with E-state index >= 15 is 0 Å². The van der Waals surface area contributed by atoms with Gasteiger partial charge in [-0.05, 0) is 20.3 Å². The van der Waals surface area contributed by atoms with Crippen molar-refractivity contribution in [1.82, 2.24) is 0 Å². The lowest BCUT2D eigenvalue weighted by Gasteiger charge is -2.43. The second-order valence-corrected chi connectivity index (χ2v) is 6.39. The molecule has 0 aliphatic heterocycles. The van der Waals surface area contributed by atoms with Crippen molar-refractivity contribution in [2.75, 3.05) is 0 Å². The summed E-state index contributed by atoms with van der Waals surface area (Å²) in [6.07, 6.45) is -26.3. The van der Waals surface area contributed by atoms with Crippen molar-refractivity contribution >= 4 is 5.97 Å². The van der Waals surface area contributed by atoms with Crippen LogP contribution in [0.1, 0.15) is 33.6 Å². The highest BCUT2D eigenvalue weighted by Crippen LogP contribution is 2.58. The zero-order valence-electron chi connectivity index (χ0n) is 14.1. The third kappa shape index (κ3) is 4.58. The van der Waals surface area contributed by atoms with Crippen LogP contribution in [0.5, 0.6) is 0 Å². The first-order chi connectivity index (χ1) is 11.9. The molecule has 168 valence electrons. The van der Waals surface area contributed by atoms with E-state index in [1.54, 1.807) is 0 Å². The number of alkyl halides is 13. The Bertz CT molecular complexity index is 554. The van der Waals surface area contributed by atoms with Crippen molar-refractivity contribution in [3.8, 4) is 0 Å². The number of carbonyl (C=O) groups excluding carboxylic acids is 1. The normalized spacial score (nSPS) is 15.6. The molecule has 0 aliphatic rings. The molecule has 0 bridgehead atoms. The summed E-state index contributed by atoms with van der Waals surface area (Å²) in [6.45, 7) is 2.42. The maximum Gasteiger partial charge on any atom is 0.453 e. The van der Waals surface area contributed by atoms with Crippen molar-refractivity contribution < 1.29 is 66.6 Å². The van der Waals surface area contributed by atoms with Crippen LogP contribution in [0.4, 0.5) is 57.1 Å². The van der Waals surface area contributed by atoms with Gasteiger partial charge in [-0.3, -0.25) is 4.79 Å². The Morgan fingerprint density at radius 2 is 1.04 bits per heavy atom. The molecule has 0 radical (unpaired) electrons.